The van der Waals surface area contributed by atoms with Crippen molar-refractivity contribution in [1.82, 2.24) is 0 Å². The molecule has 4 aliphatic carbocycles. The van der Waals surface area contributed by atoms with Crippen LogP contribution in [0.2, 0.25) is 0 Å². The first-order valence-corrected chi connectivity index (χ1v) is 21.4. The van der Waals surface area contributed by atoms with Crippen molar-refractivity contribution in [3.05, 3.63) is 60.3 Å². The van der Waals surface area contributed by atoms with Crippen LogP contribution in [-0.2, 0) is 14.4 Å². The number of unbranched alkanes of at least 4 members (excludes halogenated alkanes) is 4. The number of rotatable bonds is 21. The minimum atomic E-state index is -0.358. The molecule has 3 fully saturated rings. The zero-order chi connectivity index (χ0) is 36.7. The maximum absolute atomic E-state index is 12.8. The van der Waals surface area contributed by atoms with Gasteiger partial charge in [-0.2, -0.15) is 0 Å². The number of allylic oxidation sites excluding steroid dienone is 7. The number of esters is 1. The number of carbonyl (C=O) groups is 1. The third kappa shape index (κ3) is 11.8. The fourth-order valence-electron chi connectivity index (χ4n) is 11.0. The van der Waals surface area contributed by atoms with Crippen molar-refractivity contribution in [3.8, 4) is 0 Å². The Balaban J connectivity index is 1.15. The summed E-state index contributed by atoms with van der Waals surface area (Å²) in [6.07, 6.45) is 41.5. The predicted molar refractivity (Wildman–Crippen MR) is 214 cm³/mol. The highest BCUT2D eigenvalue weighted by atomic mass is 17.1. The Labute approximate surface area is 313 Å². The van der Waals surface area contributed by atoms with E-state index in [1.54, 1.807) is 5.57 Å². The lowest BCUT2D eigenvalue weighted by atomic mass is 9.47. The van der Waals surface area contributed by atoms with Crippen molar-refractivity contribution in [2.45, 2.75) is 182 Å². The minimum Gasteiger partial charge on any atom is -0.462 e. The first-order valence-electron chi connectivity index (χ1n) is 21.4. The monoisotopic (exact) mass is 705 g/mol. The summed E-state index contributed by atoms with van der Waals surface area (Å²) in [6, 6.07) is 0. The number of hydrogen-bond donors (Lipinski definition) is 1. The zero-order valence-corrected chi connectivity index (χ0v) is 33.6. The van der Waals surface area contributed by atoms with Gasteiger partial charge in [0.2, 0.25) is 0 Å². The third-order valence-electron chi connectivity index (χ3n) is 14.0. The molecule has 4 nitrogen and oxygen atoms in total. The van der Waals surface area contributed by atoms with Crippen LogP contribution in [0, 0.1) is 46.3 Å². The maximum Gasteiger partial charge on any atom is 0.306 e. The number of fused-ring (bicyclic) bond motifs is 5. The van der Waals surface area contributed by atoms with Crippen molar-refractivity contribution in [2.24, 2.45) is 46.3 Å². The molecule has 288 valence electrons. The summed E-state index contributed by atoms with van der Waals surface area (Å²) in [5.74, 6) is 5.04. The van der Waals surface area contributed by atoms with E-state index in [4.69, 9.17) is 4.74 Å². The first kappa shape index (κ1) is 41.8. The van der Waals surface area contributed by atoms with Crippen LogP contribution in [-0.4, -0.2) is 23.4 Å². The van der Waals surface area contributed by atoms with Gasteiger partial charge in [-0.15, -0.1) is 0 Å². The van der Waals surface area contributed by atoms with E-state index in [1.807, 2.05) is 18.2 Å². The standard InChI is InChI=1S/C47H76O4/c1-7-8-9-10-11-12-13-15-18-24-39(51-49)25-19-16-14-17-20-26-45(48)50-40-31-33-46(5)38(35-40)27-28-41-43-30-29-42(37(4)23-21-22-36(2)3)47(43,6)34-32-44(41)46/h11-12,14-16,18-19,25,27,36-37,39-44,49H,7-10,13,17,20-24,26,28-35H2,1-6H3/b12-11-,16-14-,18-15-,25-19+/t37-,39?,40+,41+,42-,43+,44+,46+,47-/m1/s1. The second-order valence-corrected chi connectivity index (χ2v) is 17.9. The van der Waals surface area contributed by atoms with Gasteiger partial charge in [0.1, 0.15) is 12.2 Å². The van der Waals surface area contributed by atoms with Gasteiger partial charge in [-0.25, -0.2) is 4.89 Å². The van der Waals surface area contributed by atoms with Gasteiger partial charge in [0.15, 0.2) is 0 Å². The molecule has 51 heavy (non-hydrogen) atoms. The molecule has 0 aromatic carbocycles. The predicted octanol–water partition coefficient (Wildman–Crippen LogP) is 13.6. The molecule has 1 N–H and O–H groups in total. The van der Waals surface area contributed by atoms with Crippen LogP contribution in [0.15, 0.2) is 60.3 Å². The summed E-state index contributed by atoms with van der Waals surface area (Å²) in [7, 11) is 0. The Hall–Kier alpha value is -1.91. The van der Waals surface area contributed by atoms with E-state index in [-0.39, 0.29) is 23.6 Å². The van der Waals surface area contributed by atoms with Crippen molar-refractivity contribution in [3.63, 3.8) is 0 Å². The molecule has 0 amide bonds. The van der Waals surface area contributed by atoms with Crippen LogP contribution < -0.4 is 0 Å². The maximum atomic E-state index is 12.8. The summed E-state index contributed by atoms with van der Waals surface area (Å²) < 4.78 is 6.08. The van der Waals surface area contributed by atoms with Gasteiger partial charge in [0, 0.05) is 12.8 Å². The Morgan fingerprint density at radius 1 is 0.902 bits per heavy atom. The highest BCUT2D eigenvalue weighted by molar-refractivity contribution is 5.69. The molecule has 0 aromatic rings. The van der Waals surface area contributed by atoms with Gasteiger partial charge in [-0.3, -0.25) is 10.1 Å². The molecule has 9 atom stereocenters. The molecular weight excluding hydrogens is 629 g/mol. The van der Waals surface area contributed by atoms with Gasteiger partial charge in [-0.05, 0) is 130 Å². The van der Waals surface area contributed by atoms with Crippen LogP contribution in [0.1, 0.15) is 170 Å². The summed E-state index contributed by atoms with van der Waals surface area (Å²) in [6.45, 7) is 14.8. The topological polar surface area (TPSA) is 55.8 Å². The number of ether oxygens (including phenoxy) is 1. The van der Waals surface area contributed by atoms with Crippen LogP contribution in [0.25, 0.3) is 0 Å². The fraction of sp³-hybridized carbons (Fsp3) is 0.766. The Bertz CT molecular complexity index is 1190. The molecule has 3 saturated carbocycles. The molecule has 0 bridgehead atoms. The fourth-order valence-corrected chi connectivity index (χ4v) is 11.0. The zero-order valence-electron chi connectivity index (χ0n) is 33.6. The highest BCUT2D eigenvalue weighted by Gasteiger charge is 2.59. The quantitative estimate of drug-likeness (QED) is 0.0323. The van der Waals surface area contributed by atoms with Gasteiger partial charge < -0.3 is 4.74 Å². The van der Waals surface area contributed by atoms with E-state index in [0.29, 0.717) is 18.3 Å². The molecule has 0 spiro atoms. The van der Waals surface area contributed by atoms with Crippen LogP contribution in [0.4, 0.5) is 0 Å². The van der Waals surface area contributed by atoms with E-state index in [1.165, 1.54) is 70.6 Å². The van der Waals surface area contributed by atoms with Gasteiger partial charge in [0.25, 0.3) is 0 Å². The molecule has 4 rings (SSSR count). The van der Waals surface area contributed by atoms with Crippen molar-refractivity contribution < 1.29 is 19.7 Å². The summed E-state index contributed by atoms with van der Waals surface area (Å²) in [5, 5.41) is 9.24. The second-order valence-electron chi connectivity index (χ2n) is 17.9. The lowest BCUT2D eigenvalue weighted by Gasteiger charge is -2.58. The molecule has 0 saturated heterocycles. The Morgan fingerprint density at radius 3 is 2.49 bits per heavy atom. The smallest absolute Gasteiger partial charge is 0.306 e. The van der Waals surface area contributed by atoms with Gasteiger partial charge in [0.05, 0.1) is 0 Å². The molecule has 0 heterocycles. The van der Waals surface area contributed by atoms with Crippen molar-refractivity contribution >= 4 is 5.97 Å². The average Bonchev–Trinajstić information content (AvgIpc) is 3.47. The van der Waals surface area contributed by atoms with Crippen LogP contribution in [0.3, 0.4) is 0 Å². The second kappa shape index (κ2) is 21.1. The largest absolute Gasteiger partial charge is 0.462 e. The number of carbonyl (C=O) groups excluding carboxylic acids is 1. The van der Waals surface area contributed by atoms with Crippen LogP contribution in [0.5, 0.6) is 0 Å². The lowest BCUT2D eigenvalue weighted by molar-refractivity contribution is -0.264. The minimum absolute atomic E-state index is 0.0366. The molecule has 0 aromatic heterocycles. The molecule has 0 aliphatic heterocycles. The van der Waals surface area contributed by atoms with Crippen molar-refractivity contribution in [1.29, 1.82) is 0 Å². The summed E-state index contributed by atoms with van der Waals surface area (Å²) >= 11 is 0. The van der Waals surface area contributed by atoms with E-state index in [2.05, 4.69) is 82.9 Å². The molecular formula is C47H76O4. The molecule has 4 heteroatoms. The molecule has 4 aliphatic rings. The van der Waals surface area contributed by atoms with E-state index < -0.39 is 0 Å². The third-order valence-corrected chi connectivity index (χ3v) is 14.0. The SMILES string of the molecule is CCCCC/C=C\C/C=C\CC(/C=C/C=C\CCCC(=O)O[C@H]1CC[C@@]2(C)C(=CC[C@H]3[C@@H]4CC[C@H]([C@H](C)CCCC(C)C)[C@@]4(C)CC[C@@H]32)C1)OO. The van der Waals surface area contributed by atoms with E-state index in [9.17, 15) is 10.1 Å². The number of hydrogen-bond acceptors (Lipinski definition) is 4. The Kier molecular flexibility index (Phi) is 17.3. The van der Waals surface area contributed by atoms with E-state index >= 15 is 0 Å². The molecule has 1 unspecified atom stereocenters. The Morgan fingerprint density at radius 2 is 1.71 bits per heavy atom. The van der Waals surface area contributed by atoms with Gasteiger partial charge in [-0.1, -0.05) is 134 Å². The summed E-state index contributed by atoms with van der Waals surface area (Å²) in [5.41, 5.74) is 2.41. The van der Waals surface area contributed by atoms with Crippen LogP contribution >= 0.6 is 0 Å². The normalized spacial score (nSPS) is 32.1. The molecule has 0 radical (unpaired) electrons. The first-order chi connectivity index (χ1) is 24.6. The van der Waals surface area contributed by atoms with E-state index in [0.717, 1.165) is 80.5 Å². The van der Waals surface area contributed by atoms with Crippen molar-refractivity contribution in [2.75, 3.05) is 0 Å². The lowest BCUT2D eigenvalue weighted by Crippen LogP contribution is -2.51. The average molecular weight is 705 g/mol. The highest BCUT2D eigenvalue weighted by Crippen LogP contribution is 2.67. The van der Waals surface area contributed by atoms with Gasteiger partial charge >= 0.3 is 5.97 Å². The summed E-state index contributed by atoms with van der Waals surface area (Å²) in [4.78, 5) is 17.4.